The summed E-state index contributed by atoms with van der Waals surface area (Å²) in [6, 6.07) is 13.4. The van der Waals surface area contributed by atoms with Gasteiger partial charge in [0.05, 0.1) is 20.3 Å². The van der Waals surface area contributed by atoms with Gasteiger partial charge in [-0.1, -0.05) is 18.2 Å². The van der Waals surface area contributed by atoms with Crippen LogP contribution in [0, 0.1) is 0 Å². The van der Waals surface area contributed by atoms with E-state index in [2.05, 4.69) is 4.99 Å². The van der Waals surface area contributed by atoms with E-state index in [9.17, 15) is 4.79 Å². The lowest BCUT2D eigenvalue weighted by Gasteiger charge is -2.07. The van der Waals surface area contributed by atoms with Gasteiger partial charge < -0.3 is 18.9 Å². The Kier molecular flexibility index (Phi) is 5.28. The van der Waals surface area contributed by atoms with E-state index in [1.165, 1.54) is 0 Å². The van der Waals surface area contributed by atoms with Crippen molar-refractivity contribution in [3.63, 3.8) is 0 Å². The minimum atomic E-state index is -0.437. The smallest absolute Gasteiger partial charge is 0.363 e. The minimum Gasteiger partial charge on any atom is -0.497 e. The first-order valence-electron chi connectivity index (χ1n) is 9.25. The molecule has 28 heavy (non-hydrogen) atoms. The third-order valence-corrected chi connectivity index (χ3v) is 4.50. The fraction of sp³-hybridized carbons (Fsp3) is 0.273. The van der Waals surface area contributed by atoms with Gasteiger partial charge in [0, 0.05) is 12.8 Å². The molecule has 0 amide bonds. The molecule has 0 saturated heterocycles. The predicted octanol–water partition coefficient (Wildman–Crippen LogP) is 3.79. The van der Waals surface area contributed by atoms with Crippen LogP contribution < -0.4 is 14.2 Å². The average Bonchev–Trinajstić information content (AvgIpc) is 2.91. The van der Waals surface area contributed by atoms with Gasteiger partial charge in [-0.15, -0.1) is 0 Å². The number of fused-ring (bicyclic) bond motifs is 1. The number of carbonyl (C=O) groups is 1. The molecule has 6 heteroatoms. The number of ether oxygens (including phenoxy) is 4. The monoisotopic (exact) mass is 379 g/mol. The number of methoxy groups -OCH3 is 1. The van der Waals surface area contributed by atoms with Gasteiger partial charge in [-0.05, 0) is 47.9 Å². The van der Waals surface area contributed by atoms with Gasteiger partial charge in [0.2, 0.25) is 0 Å². The molecule has 0 unspecified atom stereocenters. The van der Waals surface area contributed by atoms with Crippen molar-refractivity contribution in [2.45, 2.75) is 19.3 Å². The summed E-state index contributed by atoms with van der Waals surface area (Å²) in [5.74, 6) is 2.19. The summed E-state index contributed by atoms with van der Waals surface area (Å²) in [6.45, 7) is 1.25. The highest BCUT2D eigenvalue weighted by atomic mass is 16.6. The second kappa shape index (κ2) is 8.17. The Morgan fingerprint density at radius 3 is 2.79 bits per heavy atom. The number of cyclic esters (lactones) is 1. The van der Waals surface area contributed by atoms with Gasteiger partial charge in [-0.3, -0.25) is 0 Å². The number of nitrogens with zero attached hydrogens (tertiary/aromatic N) is 1. The molecular formula is C22H21NO5. The Hall–Kier alpha value is -3.28. The summed E-state index contributed by atoms with van der Waals surface area (Å²) < 4.78 is 21.9. The zero-order valence-corrected chi connectivity index (χ0v) is 15.6. The molecule has 0 aliphatic carbocycles. The van der Waals surface area contributed by atoms with Crippen molar-refractivity contribution in [1.29, 1.82) is 0 Å². The van der Waals surface area contributed by atoms with E-state index in [-0.39, 0.29) is 5.70 Å². The van der Waals surface area contributed by atoms with Crippen LogP contribution in [-0.2, 0) is 16.0 Å². The molecule has 144 valence electrons. The molecule has 2 aliphatic heterocycles. The van der Waals surface area contributed by atoms with E-state index < -0.39 is 5.97 Å². The van der Waals surface area contributed by atoms with Crippen LogP contribution in [0.25, 0.3) is 6.08 Å². The Balaban J connectivity index is 1.47. The zero-order valence-electron chi connectivity index (χ0n) is 15.6. The van der Waals surface area contributed by atoms with E-state index in [0.717, 1.165) is 29.0 Å². The number of aryl methyl sites for hydroxylation is 1. The third kappa shape index (κ3) is 4.17. The lowest BCUT2D eigenvalue weighted by atomic mass is 10.1. The van der Waals surface area contributed by atoms with Crippen molar-refractivity contribution in [3.8, 4) is 17.2 Å². The highest BCUT2D eigenvalue weighted by Gasteiger charge is 2.23. The van der Waals surface area contributed by atoms with Crippen LogP contribution in [0.1, 0.15) is 24.0 Å². The Labute approximate surface area is 163 Å². The fourth-order valence-electron chi connectivity index (χ4n) is 3.07. The molecular weight excluding hydrogens is 358 g/mol. The lowest BCUT2D eigenvalue weighted by Crippen LogP contribution is -2.05. The van der Waals surface area contributed by atoms with Crippen LogP contribution >= 0.6 is 0 Å². The molecule has 0 atom stereocenters. The topological polar surface area (TPSA) is 66.3 Å². The number of aliphatic imine (C=N–C) groups is 1. The molecule has 0 radical (unpaired) electrons. The molecule has 2 heterocycles. The maximum Gasteiger partial charge on any atom is 0.363 e. The maximum absolute atomic E-state index is 12.2. The molecule has 4 rings (SSSR count). The Bertz CT molecular complexity index is 948. The quantitative estimate of drug-likeness (QED) is 0.584. The highest BCUT2D eigenvalue weighted by molar-refractivity contribution is 6.07. The molecule has 2 aromatic rings. The molecule has 0 aromatic heterocycles. The summed E-state index contributed by atoms with van der Waals surface area (Å²) >= 11 is 0. The molecule has 0 saturated carbocycles. The summed E-state index contributed by atoms with van der Waals surface area (Å²) in [5, 5.41) is 0. The van der Waals surface area contributed by atoms with Gasteiger partial charge in [0.15, 0.2) is 23.1 Å². The van der Waals surface area contributed by atoms with Crippen molar-refractivity contribution in [2.24, 2.45) is 4.99 Å². The first kappa shape index (κ1) is 18.1. The normalized spacial score (nSPS) is 17.1. The number of benzene rings is 2. The standard InChI is InChI=1S/C22H21NO5/c1-25-17-5-2-4-15(12-17)7-9-21-23-18(22(24)28-21)13-16-6-8-19-20(14-16)27-11-3-10-26-19/h2,4-6,8,12-14H,3,7,9-11H2,1H3/b18-13+. The number of hydrogen-bond acceptors (Lipinski definition) is 6. The third-order valence-electron chi connectivity index (χ3n) is 4.50. The van der Waals surface area contributed by atoms with Gasteiger partial charge in [-0.2, -0.15) is 0 Å². The van der Waals surface area contributed by atoms with Gasteiger partial charge in [0.1, 0.15) is 5.75 Å². The Morgan fingerprint density at radius 2 is 1.93 bits per heavy atom. The molecule has 6 nitrogen and oxygen atoms in total. The first-order valence-corrected chi connectivity index (χ1v) is 9.25. The summed E-state index contributed by atoms with van der Waals surface area (Å²) in [4.78, 5) is 16.5. The number of hydrogen-bond donors (Lipinski definition) is 0. The van der Waals surface area contributed by atoms with Crippen LogP contribution in [0.2, 0.25) is 0 Å². The molecule has 0 N–H and O–H groups in total. The van der Waals surface area contributed by atoms with Crippen molar-refractivity contribution >= 4 is 17.9 Å². The molecule has 0 fully saturated rings. The van der Waals surface area contributed by atoms with E-state index in [0.29, 0.717) is 37.7 Å². The molecule has 2 aliphatic rings. The predicted molar refractivity (Wildman–Crippen MR) is 105 cm³/mol. The van der Waals surface area contributed by atoms with Crippen molar-refractivity contribution in [3.05, 3.63) is 59.3 Å². The minimum absolute atomic E-state index is 0.287. The second-order valence-electron chi connectivity index (χ2n) is 6.53. The van der Waals surface area contributed by atoms with Gasteiger partial charge in [0.25, 0.3) is 0 Å². The number of carbonyl (C=O) groups excluding carboxylic acids is 1. The van der Waals surface area contributed by atoms with Crippen molar-refractivity contribution in [2.75, 3.05) is 20.3 Å². The summed E-state index contributed by atoms with van der Waals surface area (Å²) in [5.41, 5.74) is 2.20. The SMILES string of the molecule is COc1cccc(CCC2=N/C(=C/c3ccc4c(c3)OCCCO4)C(=O)O2)c1. The fourth-order valence-corrected chi connectivity index (χ4v) is 3.07. The molecule has 2 aromatic carbocycles. The highest BCUT2D eigenvalue weighted by Crippen LogP contribution is 2.31. The van der Waals surface area contributed by atoms with Crippen molar-refractivity contribution in [1.82, 2.24) is 0 Å². The zero-order chi connectivity index (χ0) is 19.3. The van der Waals surface area contributed by atoms with Crippen LogP contribution in [0.5, 0.6) is 17.2 Å². The van der Waals surface area contributed by atoms with Crippen molar-refractivity contribution < 1.29 is 23.7 Å². The van der Waals surface area contributed by atoms with E-state index in [4.69, 9.17) is 18.9 Å². The average molecular weight is 379 g/mol. The summed E-state index contributed by atoms with van der Waals surface area (Å²) in [6.07, 6.45) is 3.80. The van der Waals surface area contributed by atoms with Crippen LogP contribution in [-0.4, -0.2) is 32.2 Å². The van der Waals surface area contributed by atoms with Gasteiger partial charge in [-0.25, -0.2) is 9.79 Å². The van der Waals surface area contributed by atoms with Gasteiger partial charge >= 0.3 is 5.97 Å². The molecule has 0 spiro atoms. The lowest BCUT2D eigenvalue weighted by molar-refractivity contribution is -0.130. The summed E-state index contributed by atoms with van der Waals surface area (Å²) in [7, 11) is 1.64. The van der Waals surface area contributed by atoms with Crippen LogP contribution in [0.4, 0.5) is 0 Å². The van der Waals surface area contributed by atoms with Crippen LogP contribution in [0.3, 0.4) is 0 Å². The Morgan fingerprint density at radius 1 is 1.07 bits per heavy atom. The first-order chi connectivity index (χ1) is 13.7. The van der Waals surface area contributed by atoms with E-state index in [1.807, 2.05) is 42.5 Å². The largest absolute Gasteiger partial charge is 0.497 e. The molecule has 0 bridgehead atoms. The number of esters is 1. The van der Waals surface area contributed by atoms with E-state index in [1.54, 1.807) is 13.2 Å². The number of rotatable bonds is 5. The van der Waals surface area contributed by atoms with Crippen LogP contribution in [0.15, 0.2) is 53.2 Å². The van der Waals surface area contributed by atoms with E-state index >= 15 is 0 Å². The second-order valence-corrected chi connectivity index (χ2v) is 6.53. The maximum atomic E-state index is 12.2.